The highest BCUT2D eigenvalue weighted by atomic mass is 16.3. The van der Waals surface area contributed by atoms with Crippen LogP contribution < -0.4 is 0 Å². The first-order chi connectivity index (χ1) is 9.81. The van der Waals surface area contributed by atoms with E-state index in [0.29, 0.717) is 31.7 Å². The van der Waals surface area contributed by atoms with Crippen LogP contribution in [0.15, 0.2) is 18.2 Å². The van der Waals surface area contributed by atoms with Gasteiger partial charge in [-0.25, -0.2) is 0 Å². The number of nitrogens with zero attached hydrogens (tertiary/aromatic N) is 1. The largest absolute Gasteiger partial charge is 0.507 e. The molecular weight excluding hydrogens is 266 g/mol. The molecule has 21 heavy (non-hydrogen) atoms. The molecule has 0 radical (unpaired) electrons. The number of phenols is 1. The van der Waals surface area contributed by atoms with Crippen LogP contribution in [0.4, 0.5) is 0 Å². The Morgan fingerprint density at radius 2 is 1.95 bits per heavy atom. The van der Waals surface area contributed by atoms with E-state index in [1.54, 1.807) is 4.90 Å². The average Bonchev–Trinajstić information content (AvgIpc) is 2.42. The predicted octanol–water partition coefficient (Wildman–Crippen LogP) is 2.46. The lowest BCUT2D eigenvalue weighted by Gasteiger charge is -2.22. The van der Waals surface area contributed by atoms with E-state index < -0.39 is 0 Å². The molecule has 0 aliphatic carbocycles. The molecule has 0 aliphatic rings. The Hall–Kier alpha value is -1.55. The molecule has 1 aromatic carbocycles. The molecule has 4 nitrogen and oxygen atoms in total. The smallest absolute Gasteiger partial charge is 0.222 e. The minimum Gasteiger partial charge on any atom is -0.507 e. The van der Waals surface area contributed by atoms with Crippen molar-refractivity contribution in [2.45, 2.75) is 46.0 Å². The third kappa shape index (κ3) is 4.74. The van der Waals surface area contributed by atoms with Crippen molar-refractivity contribution in [2.75, 3.05) is 19.7 Å². The second kappa shape index (κ2) is 7.46. The molecule has 0 unspecified atom stereocenters. The van der Waals surface area contributed by atoms with Gasteiger partial charge in [0, 0.05) is 19.5 Å². The number of aryl methyl sites for hydroxylation is 1. The number of amides is 1. The quantitative estimate of drug-likeness (QED) is 0.847. The highest BCUT2D eigenvalue weighted by Crippen LogP contribution is 2.33. The molecule has 1 aromatic rings. The lowest BCUT2D eigenvalue weighted by Crippen LogP contribution is -2.33. The van der Waals surface area contributed by atoms with E-state index in [4.69, 9.17) is 5.11 Å². The van der Waals surface area contributed by atoms with E-state index in [-0.39, 0.29) is 17.9 Å². The fourth-order valence-electron chi connectivity index (χ4n) is 2.38. The van der Waals surface area contributed by atoms with E-state index >= 15 is 0 Å². The van der Waals surface area contributed by atoms with Crippen LogP contribution >= 0.6 is 0 Å². The van der Waals surface area contributed by atoms with Crippen molar-refractivity contribution < 1.29 is 15.0 Å². The van der Waals surface area contributed by atoms with Crippen LogP contribution in [0.5, 0.6) is 5.75 Å². The molecule has 0 aliphatic heterocycles. The summed E-state index contributed by atoms with van der Waals surface area (Å²) in [6, 6.07) is 5.70. The zero-order valence-corrected chi connectivity index (χ0v) is 13.5. The number of phenolic OH excluding ortho intramolecular Hbond substituents is 1. The van der Waals surface area contributed by atoms with Crippen LogP contribution in [0.25, 0.3) is 0 Å². The number of benzene rings is 1. The topological polar surface area (TPSA) is 60.8 Å². The number of carbonyl (C=O) groups excluding carboxylic acids is 1. The van der Waals surface area contributed by atoms with Crippen molar-refractivity contribution in [3.05, 3.63) is 29.3 Å². The zero-order chi connectivity index (χ0) is 16.0. The third-order valence-electron chi connectivity index (χ3n) is 3.64. The first kappa shape index (κ1) is 17.5. The molecule has 1 rings (SSSR count). The van der Waals surface area contributed by atoms with Gasteiger partial charge in [0.1, 0.15) is 5.75 Å². The van der Waals surface area contributed by atoms with Gasteiger partial charge in [-0.2, -0.15) is 0 Å². The number of hydrogen-bond acceptors (Lipinski definition) is 3. The van der Waals surface area contributed by atoms with Crippen molar-refractivity contribution in [1.82, 2.24) is 4.90 Å². The molecule has 118 valence electrons. The average molecular weight is 293 g/mol. The van der Waals surface area contributed by atoms with Crippen LogP contribution in [0.2, 0.25) is 0 Å². The summed E-state index contributed by atoms with van der Waals surface area (Å²) in [5.41, 5.74) is 1.57. The minimum absolute atomic E-state index is 0.00658. The van der Waals surface area contributed by atoms with E-state index in [1.807, 2.05) is 25.1 Å². The van der Waals surface area contributed by atoms with E-state index in [0.717, 1.165) is 11.1 Å². The molecule has 0 saturated carbocycles. The van der Waals surface area contributed by atoms with Crippen LogP contribution in [0.3, 0.4) is 0 Å². The zero-order valence-electron chi connectivity index (χ0n) is 13.5. The number of carbonyl (C=O) groups is 1. The molecule has 0 aromatic heterocycles. The molecule has 0 heterocycles. The van der Waals surface area contributed by atoms with Gasteiger partial charge in [-0.3, -0.25) is 4.79 Å². The van der Waals surface area contributed by atoms with Crippen LogP contribution in [0.1, 0.15) is 45.2 Å². The number of aliphatic hydroxyl groups is 1. The molecule has 4 heteroatoms. The lowest BCUT2D eigenvalue weighted by molar-refractivity contribution is -0.131. The van der Waals surface area contributed by atoms with Gasteiger partial charge in [-0.1, -0.05) is 39.0 Å². The monoisotopic (exact) mass is 293 g/mol. The van der Waals surface area contributed by atoms with Crippen molar-refractivity contribution in [3.8, 4) is 5.75 Å². The number of para-hydroxylation sites is 1. The normalized spacial score (nSPS) is 11.5. The number of aliphatic hydroxyl groups excluding tert-OH is 1. The molecule has 1 amide bonds. The van der Waals surface area contributed by atoms with Gasteiger partial charge in [-0.15, -0.1) is 0 Å². The van der Waals surface area contributed by atoms with Gasteiger partial charge in [0.2, 0.25) is 5.91 Å². The fraction of sp³-hybridized carbons (Fsp3) is 0.588. The van der Waals surface area contributed by atoms with Crippen molar-refractivity contribution in [3.63, 3.8) is 0 Å². The van der Waals surface area contributed by atoms with Crippen LogP contribution in [-0.2, 0) is 16.6 Å². The van der Waals surface area contributed by atoms with Gasteiger partial charge in [0.15, 0.2) is 0 Å². The summed E-state index contributed by atoms with van der Waals surface area (Å²) in [6.07, 6.45) is 0.853. The standard InChI is InChI=1S/C17H27NO3/c1-5-18(11-12-19)15(20)10-9-13-7-6-8-14(16(13)21)17(2,3)4/h6-8,19,21H,5,9-12H2,1-4H3. The second-order valence-electron chi connectivity index (χ2n) is 6.26. The Balaban J connectivity index is 2.79. The summed E-state index contributed by atoms with van der Waals surface area (Å²) in [7, 11) is 0. The highest BCUT2D eigenvalue weighted by Gasteiger charge is 2.20. The molecule has 0 spiro atoms. The molecule has 0 atom stereocenters. The summed E-state index contributed by atoms with van der Waals surface area (Å²) < 4.78 is 0. The SMILES string of the molecule is CCN(CCO)C(=O)CCc1cccc(C(C)(C)C)c1O. The van der Waals surface area contributed by atoms with Crippen LogP contribution in [0, 0.1) is 0 Å². The van der Waals surface area contributed by atoms with Crippen molar-refractivity contribution >= 4 is 5.91 Å². The van der Waals surface area contributed by atoms with E-state index in [1.165, 1.54) is 0 Å². The summed E-state index contributed by atoms with van der Waals surface area (Å²) >= 11 is 0. The number of hydrogen-bond donors (Lipinski definition) is 2. The van der Waals surface area contributed by atoms with Gasteiger partial charge < -0.3 is 15.1 Å². The lowest BCUT2D eigenvalue weighted by atomic mass is 9.85. The number of likely N-dealkylation sites (N-methyl/N-ethyl adjacent to an activating group) is 1. The predicted molar refractivity (Wildman–Crippen MR) is 84.5 cm³/mol. The Kier molecular flexibility index (Phi) is 6.21. The first-order valence-electron chi connectivity index (χ1n) is 7.51. The molecule has 0 bridgehead atoms. The molecule has 0 fully saturated rings. The van der Waals surface area contributed by atoms with Gasteiger partial charge in [0.05, 0.1) is 6.61 Å². The first-order valence-corrected chi connectivity index (χ1v) is 7.51. The Morgan fingerprint density at radius 3 is 2.48 bits per heavy atom. The Bertz CT molecular complexity index is 477. The van der Waals surface area contributed by atoms with Gasteiger partial charge in [0.25, 0.3) is 0 Å². The fourth-order valence-corrected chi connectivity index (χ4v) is 2.38. The van der Waals surface area contributed by atoms with Crippen molar-refractivity contribution in [2.24, 2.45) is 0 Å². The maximum Gasteiger partial charge on any atom is 0.222 e. The molecule has 0 saturated heterocycles. The highest BCUT2D eigenvalue weighted by molar-refractivity contribution is 5.76. The summed E-state index contributed by atoms with van der Waals surface area (Å²) in [5.74, 6) is 0.301. The Morgan fingerprint density at radius 1 is 1.29 bits per heavy atom. The summed E-state index contributed by atoms with van der Waals surface area (Å²) in [6.45, 7) is 8.98. The van der Waals surface area contributed by atoms with Gasteiger partial charge in [-0.05, 0) is 29.9 Å². The van der Waals surface area contributed by atoms with Crippen LogP contribution in [-0.4, -0.2) is 40.7 Å². The summed E-state index contributed by atoms with van der Waals surface area (Å²) in [5, 5.41) is 19.3. The molecular formula is C17H27NO3. The maximum atomic E-state index is 12.1. The number of aromatic hydroxyl groups is 1. The Labute approximate surface area is 127 Å². The maximum absolute atomic E-state index is 12.1. The summed E-state index contributed by atoms with van der Waals surface area (Å²) in [4.78, 5) is 13.7. The van der Waals surface area contributed by atoms with Gasteiger partial charge >= 0.3 is 0 Å². The van der Waals surface area contributed by atoms with E-state index in [2.05, 4.69) is 20.8 Å². The minimum atomic E-state index is -0.129. The third-order valence-corrected chi connectivity index (χ3v) is 3.64. The van der Waals surface area contributed by atoms with E-state index in [9.17, 15) is 9.90 Å². The second-order valence-corrected chi connectivity index (χ2v) is 6.26. The number of rotatable bonds is 6. The van der Waals surface area contributed by atoms with Crippen molar-refractivity contribution in [1.29, 1.82) is 0 Å². The molecule has 2 N–H and O–H groups in total.